The number of hydrogen-bond acceptors (Lipinski definition) is 5. The monoisotopic (exact) mass is 264 g/mol. The molecular formula is C13H16N2O2S. The molecular weight excluding hydrogens is 248 g/mol. The van der Waals surface area contributed by atoms with Crippen molar-refractivity contribution in [3.05, 3.63) is 28.0 Å². The third kappa shape index (κ3) is 2.03. The summed E-state index contributed by atoms with van der Waals surface area (Å²) in [4.78, 5) is 0.965. The third-order valence-electron chi connectivity index (χ3n) is 3.35. The summed E-state index contributed by atoms with van der Waals surface area (Å²) in [6.45, 7) is 5.46. The normalized spacial score (nSPS) is 27.1. The topological polar surface area (TPSA) is 79.3 Å². The molecule has 2 atom stereocenters. The molecule has 0 unspecified atom stereocenters. The van der Waals surface area contributed by atoms with Crippen LogP contribution in [0.25, 0.3) is 5.70 Å². The van der Waals surface area contributed by atoms with Crippen LogP contribution in [0.2, 0.25) is 0 Å². The first-order valence-electron chi connectivity index (χ1n) is 5.75. The standard InChI is InChI=1S/C13H16N2O2S/c1-8-10(5-18-12(8)9(2)15)11-3-4-13(6-14,7-16)17-11/h5,11,16H,2-4,7,15H2,1H3/t11-,13-/m1/s1. The van der Waals surface area contributed by atoms with Crippen molar-refractivity contribution >= 4 is 17.0 Å². The summed E-state index contributed by atoms with van der Waals surface area (Å²) in [5, 5.41) is 20.3. The molecule has 1 aliphatic rings. The van der Waals surface area contributed by atoms with Crippen LogP contribution in [0.15, 0.2) is 12.0 Å². The van der Waals surface area contributed by atoms with Crippen molar-refractivity contribution in [3.63, 3.8) is 0 Å². The zero-order valence-corrected chi connectivity index (χ0v) is 11.1. The van der Waals surface area contributed by atoms with Crippen molar-refractivity contribution in [2.45, 2.75) is 31.5 Å². The Morgan fingerprint density at radius 1 is 1.83 bits per heavy atom. The van der Waals surface area contributed by atoms with Gasteiger partial charge in [0.1, 0.15) is 6.07 Å². The van der Waals surface area contributed by atoms with E-state index in [1.54, 1.807) is 0 Å². The second kappa shape index (κ2) is 4.73. The molecule has 0 aliphatic carbocycles. The van der Waals surface area contributed by atoms with Crippen LogP contribution in [0, 0.1) is 18.3 Å². The Balaban J connectivity index is 2.25. The van der Waals surface area contributed by atoms with E-state index in [0.717, 1.165) is 22.4 Å². The van der Waals surface area contributed by atoms with Crippen LogP contribution in [0.5, 0.6) is 0 Å². The molecule has 0 spiro atoms. The fraction of sp³-hybridized carbons (Fsp3) is 0.462. The number of ether oxygens (including phenoxy) is 1. The molecule has 1 aromatic rings. The van der Waals surface area contributed by atoms with Gasteiger partial charge in [0.25, 0.3) is 0 Å². The summed E-state index contributed by atoms with van der Waals surface area (Å²) in [7, 11) is 0. The Labute approximate surface area is 110 Å². The van der Waals surface area contributed by atoms with E-state index in [9.17, 15) is 5.11 Å². The number of rotatable bonds is 3. The van der Waals surface area contributed by atoms with E-state index < -0.39 is 5.60 Å². The van der Waals surface area contributed by atoms with Gasteiger partial charge in [0.05, 0.1) is 17.6 Å². The average Bonchev–Trinajstić information content (AvgIpc) is 2.93. The quantitative estimate of drug-likeness (QED) is 0.876. The molecule has 1 saturated heterocycles. The second-order valence-corrected chi connectivity index (χ2v) is 5.46. The summed E-state index contributed by atoms with van der Waals surface area (Å²) in [6, 6.07) is 2.06. The number of aliphatic hydroxyl groups is 1. The molecule has 18 heavy (non-hydrogen) atoms. The van der Waals surface area contributed by atoms with E-state index in [1.165, 1.54) is 11.3 Å². The maximum Gasteiger partial charge on any atom is 0.177 e. The van der Waals surface area contributed by atoms with Gasteiger partial charge in [0, 0.05) is 5.70 Å². The van der Waals surface area contributed by atoms with Crippen LogP contribution in [0.3, 0.4) is 0 Å². The lowest BCUT2D eigenvalue weighted by Crippen LogP contribution is -2.30. The maximum absolute atomic E-state index is 9.26. The van der Waals surface area contributed by atoms with Gasteiger partial charge >= 0.3 is 0 Å². The molecule has 1 aromatic heterocycles. The predicted molar refractivity (Wildman–Crippen MR) is 70.8 cm³/mol. The molecule has 1 aliphatic heterocycles. The number of nitrogens with two attached hydrogens (primary N) is 1. The summed E-state index contributed by atoms with van der Waals surface area (Å²) >= 11 is 1.54. The molecule has 96 valence electrons. The molecule has 4 nitrogen and oxygen atoms in total. The summed E-state index contributed by atoms with van der Waals surface area (Å²) < 4.78 is 5.73. The average molecular weight is 264 g/mol. The lowest BCUT2D eigenvalue weighted by atomic mass is 10.0. The first kappa shape index (κ1) is 13.1. The van der Waals surface area contributed by atoms with Gasteiger partial charge in [-0.15, -0.1) is 11.3 Å². The van der Waals surface area contributed by atoms with Gasteiger partial charge in [-0.2, -0.15) is 5.26 Å². The van der Waals surface area contributed by atoms with E-state index in [0.29, 0.717) is 12.1 Å². The fourth-order valence-electron chi connectivity index (χ4n) is 2.27. The smallest absolute Gasteiger partial charge is 0.177 e. The first-order chi connectivity index (χ1) is 8.53. The van der Waals surface area contributed by atoms with Crippen molar-refractivity contribution in [2.75, 3.05) is 6.61 Å². The van der Waals surface area contributed by atoms with Gasteiger partial charge in [-0.1, -0.05) is 6.58 Å². The minimum absolute atomic E-state index is 0.138. The van der Waals surface area contributed by atoms with Gasteiger partial charge in [-0.05, 0) is 36.3 Å². The van der Waals surface area contributed by atoms with Gasteiger partial charge in [0.2, 0.25) is 0 Å². The van der Waals surface area contributed by atoms with Crippen LogP contribution < -0.4 is 5.73 Å². The van der Waals surface area contributed by atoms with E-state index in [-0.39, 0.29) is 12.7 Å². The Morgan fingerprint density at radius 3 is 3.00 bits per heavy atom. The van der Waals surface area contributed by atoms with Gasteiger partial charge in [0.15, 0.2) is 5.60 Å². The molecule has 3 N–H and O–H groups in total. The molecule has 2 rings (SSSR count). The van der Waals surface area contributed by atoms with Gasteiger partial charge < -0.3 is 15.6 Å². The van der Waals surface area contributed by atoms with E-state index in [2.05, 4.69) is 12.6 Å². The highest BCUT2D eigenvalue weighted by molar-refractivity contribution is 7.11. The van der Waals surface area contributed by atoms with Crippen LogP contribution in [-0.2, 0) is 4.74 Å². The number of hydrogen-bond donors (Lipinski definition) is 2. The molecule has 0 amide bonds. The molecule has 0 bridgehead atoms. The highest BCUT2D eigenvalue weighted by Gasteiger charge is 2.41. The highest BCUT2D eigenvalue weighted by atomic mass is 32.1. The highest BCUT2D eigenvalue weighted by Crippen LogP contribution is 2.42. The van der Waals surface area contributed by atoms with Crippen molar-refractivity contribution in [1.29, 1.82) is 5.26 Å². The minimum Gasteiger partial charge on any atom is -0.398 e. The third-order valence-corrected chi connectivity index (χ3v) is 4.53. The van der Waals surface area contributed by atoms with Crippen molar-refractivity contribution in [1.82, 2.24) is 0 Å². The Bertz CT molecular complexity index is 518. The molecule has 0 saturated carbocycles. The van der Waals surface area contributed by atoms with Crippen molar-refractivity contribution in [3.8, 4) is 6.07 Å². The van der Waals surface area contributed by atoms with E-state index in [4.69, 9.17) is 15.7 Å². The Morgan fingerprint density at radius 2 is 2.56 bits per heavy atom. The lowest BCUT2D eigenvalue weighted by Gasteiger charge is -2.19. The van der Waals surface area contributed by atoms with E-state index >= 15 is 0 Å². The summed E-state index contributed by atoms with van der Waals surface area (Å²) in [5.74, 6) is 0. The molecule has 5 heteroatoms. The summed E-state index contributed by atoms with van der Waals surface area (Å²) in [6.07, 6.45) is 1.15. The molecule has 0 radical (unpaired) electrons. The number of aliphatic hydroxyl groups excluding tert-OH is 1. The number of thiophene rings is 1. The molecule has 0 aromatic carbocycles. The zero-order valence-electron chi connectivity index (χ0n) is 10.3. The zero-order chi connectivity index (χ0) is 13.3. The fourth-order valence-corrected chi connectivity index (χ4v) is 3.29. The minimum atomic E-state index is -1.04. The number of nitriles is 1. The van der Waals surface area contributed by atoms with Gasteiger partial charge in [-0.25, -0.2) is 0 Å². The second-order valence-electron chi connectivity index (χ2n) is 4.58. The summed E-state index contributed by atoms with van der Waals surface area (Å²) in [5.41, 5.74) is 7.33. The van der Waals surface area contributed by atoms with Crippen LogP contribution in [0.1, 0.15) is 34.9 Å². The number of nitrogens with zero attached hydrogens (tertiary/aromatic N) is 1. The molecule has 2 heterocycles. The molecule has 1 fully saturated rings. The van der Waals surface area contributed by atoms with Crippen molar-refractivity contribution < 1.29 is 9.84 Å². The van der Waals surface area contributed by atoms with Gasteiger partial charge in [-0.3, -0.25) is 0 Å². The Kier molecular flexibility index (Phi) is 3.44. The predicted octanol–water partition coefficient (Wildman–Crippen LogP) is 2.09. The largest absolute Gasteiger partial charge is 0.398 e. The SMILES string of the molecule is C=C(N)c1scc([C@H]2CC[C@@](C#N)(CO)O2)c1C. The van der Waals surface area contributed by atoms with Crippen LogP contribution in [-0.4, -0.2) is 17.3 Å². The van der Waals surface area contributed by atoms with E-state index in [1.807, 2.05) is 12.3 Å². The van der Waals surface area contributed by atoms with Crippen LogP contribution >= 0.6 is 11.3 Å². The van der Waals surface area contributed by atoms with Crippen molar-refractivity contribution in [2.24, 2.45) is 5.73 Å². The maximum atomic E-state index is 9.26. The lowest BCUT2D eigenvalue weighted by molar-refractivity contribution is -0.0368. The Hall–Kier alpha value is -1.35. The first-order valence-corrected chi connectivity index (χ1v) is 6.63. The van der Waals surface area contributed by atoms with Crippen LogP contribution in [0.4, 0.5) is 0 Å².